The molecular formula is C30H52N8O11. The zero-order chi connectivity index (χ0) is 36.4. The number of nitrogens with zero attached hydrogens (tertiary/aromatic N) is 4. The lowest BCUT2D eigenvalue weighted by molar-refractivity contribution is -0.144. The van der Waals surface area contributed by atoms with Gasteiger partial charge in [-0.3, -0.25) is 24.0 Å². The van der Waals surface area contributed by atoms with Gasteiger partial charge in [-0.05, 0) is 37.1 Å². The maximum atomic E-state index is 13.7. The average Bonchev–Trinajstić information content (AvgIpc) is 3.55. The molecule has 0 aromatic rings. The Balaban J connectivity index is 2.56. The third kappa shape index (κ3) is 19.5. The second-order valence-electron chi connectivity index (χ2n) is 11.5. The van der Waals surface area contributed by atoms with Gasteiger partial charge in [-0.15, -0.1) is 0 Å². The van der Waals surface area contributed by atoms with Crippen molar-refractivity contribution in [1.82, 2.24) is 20.9 Å². The van der Waals surface area contributed by atoms with E-state index < -0.39 is 54.3 Å². The van der Waals surface area contributed by atoms with Crippen LogP contribution in [0.1, 0.15) is 52.4 Å². The molecular weight excluding hydrogens is 648 g/mol. The van der Waals surface area contributed by atoms with Gasteiger partial charge in [-0.2, -0.15) is 0 Å². The van der Waals surface area contributed by atoms with Crippen molar-refractivity contribution in [3.05, 3.63) is 10.4 Å². The summed E-state index contributed by atoms with van der Waals surface area (Å²) in [5.41, 5.74) is 13.3. The van der Waals surface area contributed by atoms with Crippen molar-refractivity contribution in [3.63, 3.8) is 0 Å². The van der Waals surface area contributed by atoms with Crippen LogP contribution < -0.4 is 21.7 Å². The van der Waals surface area contributed by atoms with Crippen LogP contribution in [0.2, 0.25) is 0 Å². The quantitative estimate of drug-likeness (QED) is 0.0316. The van der Waals surface area contributed by atoms with Gasteiger partial charge in [0, 0.05) is 43.3 Å². The highest BCUT2D eigenvalue weighted by molar-refractivity contribution is 5.94. The van der Waals surface area contributed by atoms with Crippen molar-refractivity contribution in [1.29, 1.82) is 0 Å². The average molecular weight is 701 g/mol. The van der Waals surface area contributed by atoms with E-state index in [4.69, 9.17) is 35.3 Å². The highest BCUT2D eigenvalue weighted by Crippen LogP contribution is 2.25. The Hall–Kier alpha value is -4.03. The molecule has 5 amide bonds. The summed E-state index contributed by atoms with van der Waals surface area (Å²) in [5.74, 6) is -4.10. The molecule has 49 heavy (non-hydrogen) atoms. The minimum atomic E-state index is -1.21. The number of ketones is 1. The summed E-state index contributed by atoms with van der Waals surface area (Å²) in [6, 6.07) is -2.46. The lowest BCUT2D eigenvalue weighted by Crippen LogP contribution is -2.50. The molecule has 0 radical (unpaired) electrons. The van der Waals surface area contributed by atoms with Gasteiger partial charge < -0.3 is 50.6 Å². The van der Waals surface area contributed by atoms with Crippen LogP contribution in [-0.2, 0) is 42.9 Å². The Labute approximate surface area is 285 Å². The van der Waals surface area contributed by atoms with Gasteiger partial charge in [-0.1, -0.05) is 19.0 Å². The number of hydrogen-bond acceptors (Lipinski definition) is 11. The van der Waals surface area contributed by atoms with Crippen LogP contribution >= 0.6 is 0 Å². The van der Waals surface area contributed by atoms with Crippen LogP contribution in [0.3, 0.4) is 0 Å². The molecule has 0 unspecified atom stereocenters. The number of azide groups is 1. The Morgan fingerprint density at radius 2 is 1.57 bits per heavy atom. The van der Waals surface area contributed by atoms with E-state index in [1.54, 1.807) is 13.8 Å². The van der Waals surface area contributed by atoms with Crippen LogP contribution in [0.4, 0.5) is 4.79 Å². The molecule has 6 N–H and O–H groups in total. The van der Waals surface area contributed by atoms with Crippen LogP contribution in [0.25, 0.3) is 10.4 Å². The molecule has 19 nitrogen and oxygen atoms in total. The Morgan fingerprint density at radius 1 is 0.959 bits per heavy atom. The second-order valence-corrected chi connectivity index (χ2v) is 11.5. The summed E-state index contributed by atoms with van der Waals surface area (Å²) < 4.78 is 21.4. The standard InChI is InChI=1S/C30H52N8O11/c1-21(2)27(36-25(40)7-11-46-13-15-48-17-18-49-16-14-47-12-9-35-37-32)24(39)19-22(5-3-8-33-30(31)45)29(44)38-10-4-6-23(38)28(43)34-20-26(41)42/h21-23,27H,3-20H2,1-2H3,(H,34,43)(H,36,40)(H,41,42)(H3,31,33,45)/t22-,23+,27+/m1/s1. The molecule has 1 aliphatic rings. The molecule has 0 spiro atoms. The molecule has 0 aromatic carbocycles. The largest absolute Gasteiger partial charge is 0.480 e. The first-order chi connectivity index (χ1) is 23.5. The molecule has 278 valence electrons. The smallest absolute Gasteiger partial charge is 0.322 e. The van der Waals surface area contributed by atoms with Crippen molar-refractivity contribution >= 4 is 35.5 Å². The van der Waals surface area contributed by atoms with Crippen LogP contribution in [0, 0.1) is 11.8 Å². The molecule has 0 bridgehead atoms. The fourth-order valence-electron chi connectivity index (χ4n) is 5.00. The molecule has 1 fully saturated rings. The first-order valence-electron chi connectivity index (χ1n) is 16.4. The van der Waals surface area contributed by atoms with Gasteiger partial charge in [-0.25, -0.2) is 4.79 Å². The molecule has 1 rings (SSSR count). The summed E-state index contributed by atoms with van der Waals surface area (Å²) in [7, 11) is 0. The van der Waals surface area contributed by atoms with E-state index in [-0.39, 0.29) is 63.8 Å². The van der Waals surface area contributed by atoms with E-state index in [0.717, 1.165) is 0 Å². The number of aliphatic carboxylic acids is 1. The number of carbonyl (C=O) groups excluding carboxylic acids is 5. The van der Waals surface area contributed by atoms with Crippen molar-refractivity contribution < 1.29 is 52.8 Å². The summed E-state index contributed by atoms with van der Waals surface area (Å²) in [5, 5.41) is 19.8. The fraction of sp³-hybridized carbons (Fsp3) is 0.800. The Kier molecular flexibility index (Phi) is 22.7. The number of primary amides is 1. The number of carbonyl (C=O) groups is 6. The second kappa shape index (κ2) is 25.9. The molecule has 3 atom stereocenters. The Bertz CT molecular complexity index is 1100. The summed E-state index contributed by atoms with van der Waals surface area (Å²) >= 11 is 0. The minimum Gasteiger partial charge on any atom is -0.480 e. The normalized spacial score (nSPS) is 15.2. The monoisotopic (exact) mass is 700 g/mol. The molecule has 1 saturated heterocycles. The van der Waals surface area contributed by atoms with Crippen LogP contribution in [-0.4, -0.2) is 137 Å². The van der Waals surface area contributed by atoms with Crippen molar-refractivity contribution in [2.75, 3.05) is 79.0 Å². The van der Waals surface area contributed by atoms with Crippen LogP contribution in [0.15, 0.2) is 5.11 Å². The number of carboxylic acid groups (broad SMARTS) is 1. The zero-order valence-electron chi connectivity index (χ0n) is 28.4. The molecule has 19 heteroatoms. The lowest BCUT2D eigenvalue weighted by Gasteiger charge is -2.29. The lowest BCUT2D eigenvalue weighted by atomic mass is 9.89. The summed E-state index contributed by atoms with van der Waals surface area (Å²) in [6.45, 7) is 6.14. The summed E-state index contributed by atoms with van der Waals surface area (Å²) in [6.07, 6.45) is 1.22. The first-order valence-corrected chi connectivity index (χ1v) is 16.4. The predicted molar refractivity (Wildman–Crippen MR) is 174 cm³/mol. The molecule has 0 aromatic heterocycles. The number of amides is 5. The third-order valence-corrected chi connectivity index (χ3v) is 7.40. The van der Waals surface area contributed by atoms with Gasteiger partial charge in [0.25, 0.3) is 0 Å². The maximum Gasteiger partial charge on any atom is 0.322 e. The predicted octanol–water partition coefficient (Wildman–Crippen LogP) is 0.110. The number of rotatable bonds is 28. The zero-order valence-corrected chi connectivity index (χ0v) is 28.4. The van der Waals surface area contributed by atoms with Crippen molar-refractivity contribution in [3.8, 4) is 0 Å². The number of likely N-dealkylation sites (tertiary alicyclic amines) is 1. The third-order valence-electron chi connectivity index (χ3n) is 7.40. The van der Waals surface area contributed by atoms with Gasteiger partial charge in [0.2, 0.25) is 17.7 Å². The highest BCUT2D eigenvalue weighted by atomic mass is 16.6. The topological polar surface area (TPSA) is 274 Å². The van der Waals surface area contributed by atoms with E-state index in [0.29, 0.717) is 58.9 Å². The molecule has 1 aliphatic heterocycles. The van der Waals surface area contributed by atoms with Crippen molar-refractivity contribution in [2.24, 2.45) is 22.7 Å². The van der Waals surface area contributed by atoms with Gasteiger partial charge >= 0.3 is 12.0 Å². The van der Waals surface area contributed by atoms with E-state index in [2.05, 4.69) is 26.0 Å². The minimum absolute atomic E-state index is 0.00134. The number of hydrogen-bond donors (Lipinski definition) is 5. The number of Topliss-reactive ketones (excluding diaryl/α,β-unsaturated/α-hetero) is 1. The number of ether oxygens (including phenoxy) is 4. The molecule has 1 heterocycles. The van der Waals surface area contributed by atoms with E-state index >= 15 is 0 Å². The number of carboxylic acids is 1. The number of nitrogens with one attached hydrogen (secondary N) is 3. The SMILES string of the molecule is CC(C)[C@H](NC(=O)CCOCCOCCOCCOCCN=[N+]=[N-])C(=O)C[C@@H](CCCNC(N)=O)C(=O)N1CCC[C@H]1C(=O)NCC(=O)O. The summed E-state index contributed by atoms with van der Waals surface area (Å²) in [4.78, 5) is 78.5. The highest BCUT2D eigenvalue weighted by Gasteiger charge is 2.38. The van der Waals surface area contributed by atoms with E-state index in [1.165, 1.54) is 4.90 Å². The number of nitrogens with two attached hydrogens (primary N) is 1. The van der Waals surface area contributed by atoms with E-state index in [9.17, 15) is 28.8 Å². The molecule has 0 saturated carbocycles. The maximum absolute atomic E-state index is 13.7. The van der Waals surface area contributed by atoms with Gasteiger partial charge in [0.05, 0.1) is 58.9 Å². The van der Waals surface area contributed by atoms with E-state index in [1.807, 2.05) is 0 Å². The van der Waals surface area contributed by atoms with Crippen molar-refractivity contribution in [2.45, 2.75) is 64.5 Å². The number of urea groups is 1. The first kappa shape index (κ1) is 43.0. The van der Waals surface area contributed by atoms with Gasteiger partial charge in [0.1, 0.15) is 12.6 Å². The fourth-order valence-corrected chi connectivity index (χ4v) is 5.00. The molecule has 0 aliphatic carbocycles. The Morgan fingerprint density at radius 3 is 2.14 bits per heavy atom. The van der Waals surface area contributed by atoms with Crippen LogP contribution in [0.5, 0.6) is 0 Å². The van der Waals surface area contributed by atoms with Gasteiger partial charge in [0.15, 0.2) is 5.78 Å².